The minimum atomic E-state index is -0.0771. The van der Waals surface area contributed by atoms with Gasteiger partial charge < -0.3 is 5.32 Å². The number of carbonyl (C=O) groups is 1. The normalized spacial score (nSPS) is 11.1. The van der Waals surface area contributed by atoms with Crippen LogP contribution in [-0.2, 0) is 11.3 Å². The molecule has 118 valence electrons. The van der Waals surface area contributed by atoms with Crippen molar-refractivity contribution in [2.75, 3.05) is 18.9 Å². The molecule has 0 unspecified atom stereocenters. The average molecular weight is 326 g/mol. The summed E-state index contributed by atoms with van der Waals surface area (Å²) < 4.78 is 1.17. The monoisotopic (exact) mass is 326 g/mol. The third-order valence-corrected chi connectivity index (χ3v) is 4.33. The molecule has 0 radical (unpaired) electrons. The molecule has 0 aliphatic rings. The summed E-state index contributed by atoms with van der Waals surface area (Å²) in [6.45, 7) is 2.84. The molecular weight excluding hydrogens is 308 g/mol. The first-order valence-corrected chi connectivity index (χ1v) is 8.18. The van der Waals surface area contributed by atoms with Crippen molar-refractivity contribution in [3.8, 4) is 0 Å². The molecule has 0 aliphatic heterocycles. The summed E-state index contributed by atoms with van der Waals surface area (Å²) >= 11 is 1.66. The van der Waals surface area contributed by atoms with Crippen molar-refractivity contribution >= 4 is 33.3 Å². The van der Waals surface area contributed by atoms with Gasteiger partial charge in [0.25, 0.3) is 0 Å². The maximum absolute atomic E-state index is 12.1. The molecule has 0 saturated heterocycles. The topological polar surface area (TPSA) is 58.1 Å². The number of rotatable bonds is 5. The number of thiazole rings is 1. The van der Waals surface area contributed by atoms with E-state index in [0.717, 1.165) is 16.2 Å². The Morgan fingerprint density at radius 2 is 2.00 bits per heavy atom. The number of carbonyl (C=O) groups excluding carboxylic acids is 1. The van der Waals surface area contributed by atoms with Gasteiger partial charge >= 0.3 is 0 Å². The van der Waals surface area contributed by atoms with Crippen LogP contribution in [0.25, 0.3) is 10.2 Å². The first-order chi connectivity index (χ1) is 11.1. The van der Waals surface area contributed by atoms with Crippen molar-refractivity contribution in [2.45, 2.75) is 13.5 Å². The quantitative estimate of drug-likeness (QED) is 0.783. The molecule has 1 amide bonds. The fourth-order valence-electron chi connectivity index (χ4n) is 2.31. The molecule has 2 heterocycles. The van der Waals surface area contributed by atoms with Gasteiger partial charge in [-0.1, -0.05) is 18.2 Å². The van der Waals surface area contributed by atoms with E-state index in [1.54, 1.807) is 17.4 Å². The van der Waals surface area contributed by atoms with Crippen molar-refractivity contribution in [3.05, 3.63) is 53.2 Å². The molecule has 0 bridgehead atoms. The second-order valence-corrected chi connectivity index (χ2v) is 6.58. The lowest BCUT2D eigenvalue weighted by atomic mass is 10.3. The van der Waals surface area contributed by atoms with Crippen LogP contribution in [0, 0.1) is 6.92 Å². The summed E-state index contributed by atoms with van der Waals surface area (Å²) in [6, 6.07) is 13.6. The van der Waals surface area contributed by atoms with E-state index in [0.29, 0.717) is 18.9 Å². The molecule has 0 atom stereocenters. The lowest BCUT2D eigenvalue weighted by Gasteiger charge is -2.14. The number of likely N-dealkylation sites (N-methyl/N-ethyl adjacent to an activating group) is 1. The van der Waals surface area contributed by atoms with E-state index in [9.17, 15) is 4.79 Å². The fraction of sp³-hybridized carbons (Fsp3) is 0.235. The van der Waals surface area contributed by atoms with Gasteiger partial charge in [-0.15, -0.1) is 11.3 Å². The number of nitrogens with zero attached hydrogens (tertiary/aromatic N) is 3. The van der Waals surface area contributed by atoms with Crippen molar-refractivity contribution in [3.63, 3.8) is 0 Å². The second-order valence-electron chi connectivity index (χ2n) is 5.46. The Hall–Kier alpha value is -2.31. The van der Waals surface area contributed by atoms with Crippen LogP contribution in [0.5, 0.6) is 0 Å². The number of para-hydroxylation sites is 1. The van der Waals surface area contributed by atoms with Crippen molar-refractivity contribution in [1.82, 2.24) is 14.9 Å². The number of pyridine rings is 1. The summed E-state index contributed by atoms with van der Waals surface area (Å²) in [5.41, 5.74) is 1.89. The number of hydrogen-bond donors (Lipinski definition) is 1. The van der Waals surface area contributed by atoms with Crippen molar-refractivity contribution in [2.24, 2.45) is 0 Å². The van der Waals surface area contributed by atoms with E-state index in [4.69, 9.17) is 0 Å². The molecule has 23 heavy (non-hydrogen) atoms. The summed E-state index contributed by atoms with van der Waals surface area (Å²) in [4.78, 5) is 22.9. The molecule has 2 aromatic heterocycles. The van der Waals surface area contributed by atoms with Crippen LogP contribution in [0.4, 0.5) is 5.82 Å². The van der Waals surface area contributed by atoms with Gasteiger partial charge in [0.2, 0.25) is 5.91 Å². The maximum atomic E-state index is 12.1. The van der Waals surface area contributed by atoms with Crippen LogP contribution in [0.1, 0.15) is 10.7 Å². The van der Waals surface area contributed by atoms with Gasteiger partial charge in [0.1, 0.15) is 10.8 Å². The Bertz CT molecular complexity index is 797. The number of anilines is 1. The number of aryl methyl sites for hydroxylation is 1. The number of benzene rings is 1. The van der Waals surface area contributed by atoms with Crippen LogP contribution < -0.4 is 5.32 Å². The van der Waals surface area contributed by atoms with Crippen molar-refractivity contribution < 1.29 is 4.79 Å². The lowest BCUT2D eigenvalue weighted by molar-refractivity contribution is -0.117. The number of amides is 1. The minimum Gasteiger partial charge on any atom is -0.310 e. The van der Waals surface area contributed by atoms with Gasteiger partial charge in [0.15, 0.2) is 0 Å². The van der Waals surface area contributed by atoms with Gasteiger partial charge in [0, 0.05) is 5.69 Å². The van der Waals surface area contributed by atoms with Crippen LogP contribution in [0.15, 0.2) is 42.5 Å². The Morgan fingerprint density at radius 3 is 2.78 bits per heavy atom. The molecule has 0 aliphatic carbocycles. The largest absolute Gasteiger partial charge is 0.310 e. The van der Waals surface area contributed by atoms with Gasteiger partial charge in [-0.05, 0) is 38.2 Å². The lowest BCUT2D eigenvalue weighted by Crippen LogP contribution is -2.30. The molecular formula is C17H18N4OS. The average Bonchev–Trinajstić information content (AvgIpc) is 2.88. The smallest absolute Gasteiger partial charge is 0.239 e. The minimum absolute atomic E-state index is 0.0771. The van der Waals surface area contributed by atoms with E-state index >= 15 is 0 Å². The predicted octanol–water partition coefficient (Wildman–Crippen LogP) is 3.07. The highest BCUT2D eigenvalue weighted by Crippen LogP contribution is 2.22. The maximum Gasteiger partial charge on any atom is 0.239 e. The summed E-state index contributed by atoms with van der Waals surface area (Å²) in [7, 11) is 1.91. The Morgan fingerprint density at radius 1 is 1.17 bits per heavy atom. The molecule has 6 heteroatoms. The van der Waals surface area contributed by atoms with E-state index in [-0.39, 0.29) is 5.91 Å². The third-order valence-electron chi connectivity index (χ3n) is 3.31. The SMILES string of the molecule is Cc1cccc(NC(=O)CN(C)Cc2nc3ccccc3s2)n1. The highest BCUT2D eigenvalue weighted by molar-refractivity contribution is 7.18. The molecule has 3 aromatic rings. The molecule has 1 aromatic carbocycles. The zero-order chi connectivity index (χ0) is 16.2. The highest BCUT2D eigenvalue weighted by Gasteiger charge is 2.11. The third kappa shape index (κ3) is 4.12. The molecule has 3 rings (SSSR count). The summed E-state index contributed by atoms with van der Waals surface area (Å²) in [5.74, 6) is 0.509. The van der Waals surface area contributed by atoms with Crippen LogP contribution in [0.3, 0.4) is 0 Å². The molecule has 0 spiro atoms. The number of nitrogens with one attached hydrogen (secondary N) is 1. The van der Waals surface area contributed by atoms with Gasteiger partial charge in [-0.2, -0.15) is 0 Å². The number of hydrogen-bond acceptors (Lipinski definition) is 5. The van der Waals surface area contributed by atoms with E-state index in [1.807, 2.05) is 49.2 Å². The zero-order valence-electron chi connectivity index (χ0n) is 13.1. The first-order valence-electron chi connectivity index (χ1n) is 7.36. The fourth-order valence-corrected chi connectivity index (χ4v) is 3.36. The molecule has 5 nitrogen and oxygen atoms in total. The Kier molecular flexibility index (Phi) is 4.64. The van der Waals surface area contributed by atoms with Crippen LogP contribution in [0.2, 0.25) is 0 Å². The van der Waals surface area contributed by atoms with E-state index < -0.39 is 0 Å². The summed E-state index contributed by atoms with van der Waals surface area (Å²) in [5, 5.41) is 3.83. The van der Waals surface area contributed by atoms with Crippen LogP contribution in [-0.4, -0.2) is 34.4 Å². The van der Waals surface area contributed by atoms with Gasteiger partial charge in [-0.3, -0.25) is 9.69 Å². The summed E-state index contributed by atoms with van der Waals surface area (Å²) in [6.07, 6.45) is 0. The standard InChI is InChI=1S/C17H18N4OS/c1-12-6-5-9-15(18-12)20-16(22)10-21(2)11-17-19-13-7-3-4-8-14(13)23-17/h3-9H,10-11H2,1-2H3,(H,18,20,22). The van der Waals surface area contributed by atoms with Crippen molar-refractivity contribution in [1.29, 1.82) is 0 Å². The molecule has 0 fully saturated rings. The molecule has 0 saturated carbocycles. The van der Waals surface area contributed by atoms with Crippen LogP contribution >= 0.6 is 11.3 Å². The molecule has 1 N–H and O–H groups in total. The highest BCUT2D eigenvalue weighted by atomic mass is 32.1. The van der Waals surface area contributed by atoms with Gasteiger partial charge in [-0.25, -0.2) is 9.97 Å². The van der Waals surface area contributed by atoms with Gasteiger partial charge in [0.05, 0.1) is 23.3 Å². The second kappa shape index (κ2) is 6.85. The number of fused-ring (bicyclic) bond motifs is 1. The Balaban J connectivity index is 1.58. The first kappa shape index (κ1) is 15.6. The predicted molar refractivity (Wildman–Crippen MR) is 93.6 cm³/mol. The van der Waals surface area contributed by atoms with E-state index in [1.165, 1.54) is 4.70 Å². The Labute approximate surface area is 139 Å². The number of aromatic nitrogens is 2. The van der Waals surface area contributed by atoms with E-state index in [2.05, 4.69) is 21.4 Å². The zero-order valence-corrected chi connectivity index (χ0v) is 13.9.